The first-order chi connectivity index (χ1) is 42.3. The molecular formula is C76H97F6Ir2N3O4S2Si-2. The number of thiophene rings is 1. The molecule has 518 valence electrons. The van der Waals surface area contributed by atoms with E-state index in [0.717, 1.165) is 98.9 Å². The number of ketones is 2. The fourth-order valence-electron chi connectivity index (χ4n) is 10.8. The monoisotopic (exact) mass is 1710 g/mol. The fraction of sp³-hybridized carbons (Fsp3) is 0.487. The Morgan fingerprint density at radius 2 is 1.00 bits per heavy atom. The van der Waals surface area contributed by atoms with Gasteiger partial charge in [-0.15, -0.1) is 92.5 Å². The summed E-state index contributed by atoms with van der Waals surface area (Å²) >= 11 is 2.74. The van der Waals surface area contributed by atoms with E-state index in [4.69, 9.17) is 9.97 Å². The molecule has 0 fully saturated rings. The third-order valence-electron chi connectivity index (χ3n) is 17.7. The number of pyridine rings is 2. The van der Waals surface area contributed by atoms with E-state index in [9.17, 15) is 46.1 Å². The van der Waals surface area contributed by atoms with E-state index >= 15 is 0 Å². The van der Waals surface area contributed by atoms with E-state index in [1.807, 2.05) is 124 Å². The van der Waals surface area contributed by atoms with Crippen molar-refractivity contribution in [3.05, 3.63) is 140 Å². The third-order valence-corrected chi connectivity index (χ3v) is 22.3. The van der Waals surface area contributed by atoms with Crippen molar-refractivity contribution in [2.75, 3.05) is 0 Å². The fourth-order valence-corrected chi connectivity index (χ4v) is 15.8. The van der Waals surface area contributed by atoms with Gasteiger partial charge in [-0.2, -0.15) is 26.3 Å². The van der Waals surface area contributed by atoms with Gasteiger partial charge in [-0.3, -0.25) is 9.59 Å². The van der Waals surface area contributed by atoms with Crippen molar-refractivity contribution in [2.45, 2.75) is 215 Å². The topological polar surface area (TPSA) is 113 Å². The van der Waals surface area contributed by atoms with Crippen LogP contribution in [-0.2, 0) is 68.8 Å². The normalized spacial score (nSPS) is 12.9. The van der Waals surface area contributed by atoms with Gasteiger partial charge in [-0.25, -0.2) is 4.98 Å². The van der Waals surface area contributed by atoms with Crippen LogP contribution in [0.25, 0.3) is 64.4 Å². The summed E-state index contributed by atoms with van der Waals surface area (Å²) in [5.41, 5.74) is 8.29. The zero-order chi connectivity index (χ0) is 69.7. The van der Waals surface area contributed by atoms with E-state index in [2.05, 4.69) is 95.6 Å². The molecule has 0 unspecified atom stereocenters. The summed E-state index contributed by atoms with van der Waals surface area (Å²) < 4.78 is 79.4. The number of alkyl halides is 6. The summed E-state index contributed by atoms with van der Waals surface area (Å²) in [6.07, 6.45) is 1.65. The van der Waals surface area contributed by atoms with Gasteiger partial charge in [0.1, 0.15) is 16.4 Å². The molecule has 4 aromatic carbocycles. The smallest absolute Gasteiger partial charge is 0.454 e. The van der Waals surface area contributed by atoms with Gasteiger partial charge >= 0.3 is 12.4 Å². The molecule has 4 heterocycles. The number of carbonyl (C=O) groups is 2. The van der Waals surface area contributed by atoms with Gasteiger partial charge < -0.3 is 20.2 Å². The van der Waals surface area contributed by atoms with Crippen LogP contribution in [0, 0.1) is 66.9 Å². The van der Waals surface area contributed by atoms with Gasteiger partial charge in [0.05, 0.1) is 23.3 Å². The second-order valence-corrected chi connectivity index (χ2v) is 36.0. The van der Waals surface area contributed by atoms with E-state index < -0.39 is 42.3 Å². The number of hydrogen-bond donors (Lipinski definition) is 2. The Bertz CT molecular complexity index is 3960. The first kappa shape index (κ1) is 83.3. The molecule has 0 aliphatic rings. The molecule has 0 bridgehead atoms. The van der Waals surface area contributed by atoms with E-state index in [-0.39, 0.29) is 79.5 Å². The number of carbonyl (C=O) groups excluding carboxylic acids is 2. The summed E-state index contributed by atoms with van der Waals surface area (Å²) in [7, 11) is -1.53. The number of aliphatic hydroxyl groups is 2. The van der Waals surface area contributed by atoms with Crippen LogP contribution >= 0.6 is 22.7 Å². The quantitative estimate of drug-likeness (QED) is 0.0326. The predicted molar refractivity (Wildman–Crippen MR) is 377 cm³/mol. The minimum absolute atomic E-state index is 0. The number of benzene rings is 4. The van der Waals surface area contributed by atoms with E-state index in [1.54, 1.807) is 27.0 Å². The molecule has 0 saturated heterocycles. The third kappa shape index (κ3) is 20.8. The molecule has 0 aliphatic carbocycles. The molecular weight excluding hydrogens is 1610 g/mol. The molecule has 0 atom stereocenters. The maximum absolute atomic E-state index is 13.9. The molecule has 0 amide bonds. The number of allylic oxidation sites excluding steroid dienone is 4. The van der Waals surface area contributed by atoms with Crippen molar-refractivity contribution in [1.29, 1.82) is 0 Å². The average molecular weight is 1710 g/mol. The van der Waals surface area contributed by atoms with Crippen LogP contribution < -0.4 is 5.19 Å². The molecule has 0 spiro atoms. The van der Waals surface area contributed by atoms with Gasteiger partial charge in [0.25, 0.3) is 5.78 Å². The van der Waals surface area contributed by atoms with Gasteiger partial charge in [-0.05, 0) is 117 Å². The van der Waals surface area contributed by atoms with Crippen molar-refractivity contribution in [1.82, 2.24) is 15.0 Å². The molecule has 94 heavy (non-hydrogen) atoms. The average Bonchev–Trinajstić information content (AvgIpc) is 1.51. The maximum atomic E-state index is 13.9. The van der Waals surface area contributed by atoms with Crippen LogP contribution in [0.1, 0.15) is 180 Å². The minimum atomic E-state index is -4.92. The number of aliphatic hydroxyl groups excluding tert-OH is 2. The van der Waals surface area contributed by atoms with Crippen LogP contribution in [0.2, 0.25) is 19.6 Å². The number of nitrogens with zero attached hydrogens (tertiary/aromatic N) is 3. The summed E-state index contributed by atoms with van der Waals surface area (Å²) in [6.45, 7) is 45.5. The second-order valence-electron chi connectivity index (χ2n) is 28.9. The van der Waals surface area contributed by atoms with Crippen LogP contribution in [0.15, 0.2) is 90.7 Å². The zero-order valence-electron chi connectivity index (χ0n) is 59.0. The molecule has 4 aromatic heterocycles. The Balaban J connectivity index is 0.000000340. The number of thiazole rings is 1. The van der Waals surface area contributed by atoms with Crippen LogP contribution in [0.4, 0.5) is 26.3 Å². The van der Waals surface area contributed by atoms with Crippen molar-refractivity contribution in [3.8, 4) is 22.5 Å². The molecule has 2 radical (unpaired) electrons. The van der Waals surface area contributed by atoms with Crippen molar-refractivity contribution < 1.29 is 86.4 Å². The summed E-state index contributed by atoms with van der Waals surface area (Å²) in [5, 5.41) is 27.1. The Kier molecular flexibility index (Phi) is 28.9. The molecule has 8 rings (SSSR count). The summed E-state index contributed by atoms with van der Waals surface area (Å²) in [6, 6.07) is 25.4. The molecule has 0 aliphatic heterocycles. The Morgan fingerprint density at radius 1 is 0.553 bits per heavy atom. The standard InChI is InChI=1S/C26H31N2SSi.C25H23F3NS.C15H28O2.C10H15F3O2.2Ir/c1-16-11-17(2)13-19(12-16)23-22-18(9-10-27-23)14-20(30(6,7)8)25-24(22)28-21(29-25)15-26(3,4)5;1-14-10-15(2)12-16(11-14)21-17-6-7-18-20(13-24(3,4)5)23(25(26,27)28)30-22(18)19(17)8-9-29-21;1-7-14(5,8-2)12(16)11-13(17)15(6,9-3)10-4;1-4-9(3,5-2)7(14)6-8(15)10(11,12)13;;/h9-12,14H,15H2,1-8H3;6-11H,13H2,1-5H3;11,16H,7-10H2,1-6H3;6,14H,4-5H2,1-3H3;;/q2*-1;;;;. The Morgan fingerprint density at radius 3 is 1.44 bits per heavy atom. The Labute approximate surface area is 591 Å². The number of hydrogen-bond acceptors (Lipinski definition) is 9. The number of aromatic nitrogens is 3. The number of fused-ring (bicyclic) bond motifs is 6. The van der Waals surface area contributed by atoms with Crippen LogP contribution in [0.5, 0.6) is 0 Å². The van der Waals surface area contributed by atoms with Crippen molar-refractivity contribution in [2.24, 2.45) is 27.1 Å². The molecule has 18 heteroatoms. The molecule has 2 N–H and O–H groups in total. The maximum Gasteiger partial charge on any atom is 0.454 e. The number of rotatable bonds is 16. The summed E-state index contributed by atoms with van der Waals surface area (Å²) in [4.78, 5) is 36.9. The first-order valence-corrected chi connectivity index (χ1v) is 37.1. The molecule has 7 nitrogen and oxygen atoms in total. The van der Waals surface area contributed by atoms with Gasteiger partial charge in [0.15, 0.2) is 5.78 Å². The predicted octanol–water partition coefficient (Wildman–Crippen LogP) is 23.2. The zero-order valence-corrected chi connectivity index (χ0v) is 66.4. The van der Waals surface area contributed by atoms with E-state index in [1.165, 1.54) is 37.3 Å². The van der Waals surface area contributed by atoms with E-state index in [0.29, 0.717) is 34.9 Å². The number of halogens is 6. The van der Waals surface area contributed by atoms with Crippen LogP contribution in [0.3, 0.4) is 0 Å². The second kappa shape index (κ2) is 32.6. The van der Waals surface area contributed by atoms with Crippen molar-refractivity contribution in [3.63, 3.8) is 0 Å². The largest absolute Gasteiger partial charge is 0.512 e. The van der Waals surface area contributed by atoms with Gasteiger partial charge in [0.2, 0.25) is 0 Å². The van der Waals surface area contributed by atoms with Gasteiger partial charge in [-0.1, -0.05) is 169 Å². The van der Waals surface area contributed by atoms with Crippen molar-refractivity contribution >= 4 is 89.3 Å². The molecule has 0 saturated carbocycles. The van der Waals surface area contributed by atoms with Gasteiger partial charge in [0, 0.05) is 92.1 Å². The minimum Gasteiger partial charge on any atom is -0.512 e. The first-order valence-electron chi connectivity index (χ1n) is 31.9. The number of aryl methyl sites for hydroxylation is 4. The molecule has 8 aromatic rings. The van der Waals surface area contributed by atoms with Crippen LogP contribution in [-0.4, -0.2) is 51.0 Å². The summed E-state index contributed by atoms with van der Waals surface area (Å²) in [5.74, 6) is -2.24. The SMILES string of the molecule is CCC(C)(CC)C(=O)C=C(O)C(C)(CC)CC.CCC(C)(CC)C(O)=CC(=O)C(F)(F)F.Cc1[c-]c(-c2nccc3c2ccc2c(CC(C)(C)C)c(C(F)(F)F)sc23)cc(C)c1.Cc1[c-]c(-c2nccc3cc([Si](C)(C)C)c4sc(CC(C)(C)C)nc4c23)cc(C)c1.[Ir].[Ir]. The Hall–Kier alpha value is -4.93.